The normalized spacial score (nSPS) is 14.8. The van der Waals surface area contributed by atoms with Crippen LogP contribution in [-0.2, 0) is 9.53 Å². The molecule has 1 aliphatic rings. The SMILES string of the molecule is N#Cc1ccc(OCC(=O)N2CCOCC2)cc1F. The maximum absolute atomic E-state index is 13.3. The van der Waals surface area contributed by atoms with E-state index >= 15 is 0 Å². The Hall–Kier alpha value is -2.13. The minimum absolute atomic E-state index is 0.0492. The Morgan fingerprint density at radius 1 is 1.47 bits per heavy atom. The molecule has 1 aromatic rings. The third-order valence-corrected chi connectivity index (χ3v) is 2.79. The van der Waals surface area contributed by atoms with Crippen molar-refractivity contribution in [1.29, 1.82) is 5.26 Å². The van der Waals surface area contributed by atoms with Gasteiger partial charge in [-0.1, -0.05) is 0 Å². The summed E-state index contributed by atoms with van der Waals surface area (Å²) >= 11 is 0. The number of amides is 1. The number of nitriles is 1. The van der Waals surface area contributed by atoms with E-state index in [0.29, 0.717) is 26.3 Å². The first kappa shape index (κ1) is 13.3. The second-order valence-corrected chi connectivity index (χ2v) is 4.04. The number of hydrogen-bond donors (Lipinski definition) is 0. The Morgan fingerprint density at radius 2 is 2.21 bits per heavy atom. The van der Waals surface area contributed by atoms with Gasteiger partial charge in [0.2, 0.25) is 0 Å². The molecule has 0 aliphatic carbocycles. The molecule has 5 nitrogen and oxygen atoms in total. The van der Waals surface area contributed by atoms with E-state index in [1.165, 1.54) is 12.1 Å². The Bertz CT molecular complexity index is 507. The van der Waals surface area contributed by atoms with E-state index in [2.05, 4.69) is 0 Å². The minimum Gasteiger partial charge on any atom is -0.484 e. The van der Waals surface area contributed by atoms with Crippen LogP contribution in [0.2, 0.25) is 0 Å². The Labute approximate surface area is 110 Å². The molecular formula is C13H13FN2O3. The molecule has 1 amide bonds. The summed E-state index contributed by atoms with van der Waals surface area (Å²) in [6.45, 7) is 1.99. The summed E-state index contributed by atoms with van der Waals surface area (Å²) in [5.41, 5.74) is -0.0492. The van der Waals surface area contributed by atoms with E-state index in [0.717, 1.165) is 6.07 Å². The molecule has 6 heteroatoms. The number of ether oxygens (including phenoxy) is 2. The van der Waals surface area contributed by atoms with Gasteiger partial charge in [-0.3, -0.25) is 4.79 Å². The molecule has 0 bridgehead atoms. The molecule has 0 radical (unpaired) electrons. The molecule has 1 aromatic carbocycles. The van der Waals surface area contributed by atoms with Gasteiger partial charge in [0.25, 0.3) is 5.91 Å². The van der Waals surface area contributed by atoms with E-state index < -0.39 is 5.82 Å². The van der Waals surface area contributed by atoms with Gasteiger partial charge >= 0.3 is 0 Å². The van der Waals surface area contributed by atoms with Gasteiger partial charge in [-0.15, -0.1) is 0 Å². The highest BCUT2D eigenvalue weighted by Crippen LogP contribution is 2.16. The van der Waals surface area contributed by atoms with E-state index in [-0.39, 0.29) is 23.8 Å². The first-order chi connectivity index (χ1) is 9.20. The van der Waals surface area contributed by atoms with Crippen molar-refractivity contribution in [3.63, 3.8) is 0 Å². The van der Waals surface area contributed by atoms with Crippen LogP contribution in [-0.4, -0.2) is 43.7 Å². The second-order valence-electron chi connectivity index (χ2n) is 4.04. The monoisotopic (exact) mass is 264 g/mol. The largest absolute Gasteiger partial charge is 0.484 e. The summed E-state index contributed by atoms with van der Waals surface area (Å²) in [6, 6.07) is 5.61. The minimum atomic E-state index is -0.654. The van der Waals surface area contributed by atoms with Crippen LogP contribution in [0.3, 0.4) is 0 Å². The highest BCUT2D eigenvalue weighted by Gasteiger charge is 2.17. The molecule has 0 saturated carbocycles. The van der Waals surface area contributed by atoms with Gasteiger partial charge in [0.05, 0.1) is 18.8 Å². The molecule has 0 spiro atoms. The van der Waals surface area contributed by atoms with Crippen molar-refractivity contribution in [3.05, 3.63) is 29.6 Å². The first-order valence-corrected chi connectivity index (χ1v) is 5.88. The standard InChI is InChI=1S/C13H13FN2O3/c14-12-7-11(2-1-10(12)8-15)19-9-13(17)16-3-5-18-6-4-16/h1-2,7H,3-6,9H2. The van der Waals surface area contributed by atoms with Crippen LogP contribution in [0, 0.1) is 17.1 Å². The molecule has 100 valence electrons. The number of hydrogen-bond acceptors (Lipinski definition) is 4. The Morgan fingerprint density at radius 3 is 2.84 bits per heavy atom. The van der Waals surface area contributed by atoms with Crippen LogP contribution in [0.25, 0.3) is 0 Å². The van der Waals surface area contributed by atoms with Crippen LogP contribution >= 0.6 is 0 Å². The number of carbonyl (C=O) groups excluding carboxylic acids is 1. The van der Waals surface area contributed by atoms with Gasteiger partial charge in [-0.05, 0) is 12.1 Å². The summed E-state index contributed by atoms with van der Waals surface area (Å²) in [5, 5.41) is 8.59. The lowest BCUT2D eigenvalue weighted by atomic mass is 10.2. The molecule has 1 aliphatic heterocycles. The third-order valence-electron chi connectivity index (χ3n) is 2.79. The van der Waals surface area contributed by atoms with Crippen molar-refractivity contribution >= 4 is 5.91 Å². The van der Waals surface area contributed by atoms with Crippen LogP contribution in [0.1, 0.15) is 5.56 Å². The second kappa shape index (κ2) is 6.16. The first-order valence-electron chi connectivity index (χ1n) is 5.88. The molecule has 2 rings (SSSR count). The van der Waals surface area contributed by atoms with Crippen molar-refractivity contribution < 1.29 is 18.7 Å². The lowest BCUT2D eigenvalue weighted by Gasteiger charge is -2.26. The van der Waals surface area contributed by atoms with Gasteiger partial charge in [-0.2, -0.15) is 5.26 Å². The molecule has 0 N–H and O–H groups in total. The van der Waals surface area contributed by atoms with Crippen molar-refractivity contribution in [2.45, 2.75) is 0 Å². The Balaban J connectivity index is 1.89. The molecule has 19 heavy (non-hydrogen) atoms. The predicted molar refractivity (Wildman–Crippen MR) is 64.0 cm³/mol. The fourth-order valence-electron chi connectivity index (χ4n) is 1.73. The molecule has 0 aromatic heterocycles. The third kappa shape index (κ3) is 3.42. The number of benzene rings is 1. The molecule has 0 unspecified atom stereocenters. The van der Waals surface area contributed by atoms with Gasteiger partial charge in [0.15, 0.2) is 6.61 Å². The van der Waals surface area contributed by atoms with Crippen molar-refractivity contribution in [3.8, 4) is 11.8 Å². The van der Waals surface area contributed by atoms with Gasteiger partial charge in [0, 0.05) is 19.2 Å². The van der Waals surface area contributed by atoms with Gasteiger partial charge < -0.3 is 14.4 Å². The maximum Gasteiger partial charge on any atom is 0.260 e. The maximum atomic E-state index is 13.3. The summed E-state index contributed by atoms with van der Waals surface area (Å²) in [5.74, 6) is -0.579. The summed E-state index contributed by atoms with van der Waals surface area (Å²) in [7, 11) is 0. The number of carbonyl (C=O) groups is 1. The van der Waals surface area contributed by atoms with Crippen molar-refractivity contribution in [2.75, 3.05) is 32.9 Å². The highest BCUT2D eigenvalue weighted by molar-refractivity contribution is 5.77. The zero-order valence-corrected chi connectivity index (χ0v) is 10.3. The van der Waals surface area contributed by atoms with Crippen molar-refractivity contribution in [2.24, 2.45) is 0 Å². The smallest absolute Gasteiger partial charge is 0.260 e. The number of nitrogens with zero attached hydrogens (tertiary/aromatic N) is 2. The van der Waals surface area contributed by atoms with E-state index in [1.807, 2.05) is 0 Å². The molecule has 1 heterocycles. The van der Waals surface area contributed by atoms with Crippen LogP contribution in [0.4, 0.5) is 4.39 Å². The average Bonchev–Trinajstić information content (AvgIpc) is 2.46. The highest BCUT2D eigenvalue weighted by atomic mass is 19.1. The fraction of sp³-hybridized carbons (Fsp3) is 0.385. The van der Waals surface area contributed by atoms with Crippen molar-refractivity contribution in [1.82, 2.24) is 4.90 Å². The van der Waals surface area contributed by atoms with E-state index in [1.54, 1.807) is 11.0 Å². The fourth-order valence-corrected chi connectivity index (χ4v) is 1.73. The molecular weight excluding hydrogens is 251 g/mol. The number of morpholine rings is 1. The lowest BCUT2D eigenvalue weighted by molar-refractivity contribution is -0.137. The van der Waals surface area contributed by atoms with E-state index in [9.17, 15) is 9.18 Å². The predicted octanol–water partition coefficient (Wildman–Crippen LogP) is 0.935. The zero-order valence-electron chi connectivity index (χ0n) is 10.3. The summed E-state index contributed by atoms with van der Waals surface area (Å²) < 4.78 is 23.7. The molecule has 1 fully saturated rings. The topological polar surface area (TPSA) is 62.6 Å². The summed E-state index contributed by atoms with van der Waals surface area (Å²) in [6.07, 6.45) is 0. The number of rotatable bonds is 3. The summed E-state index contributed by atoms with van der Waals surface area (Å²) in [4.78, 5) is 13.4. The zero-order chi connectivity index (χ0) is 13.7. The van der Waals surface area contributed by atoms with E-state index in [4.69, 9.17) is 14.7 Å². The van der Waals surface area contributed by atoms with Crippen LogP contribution < -0.4 is 4.74 Å². The van der Waals surface area contributed by atoms with Crippen LogP contribution in [0.5, 0.6) is 5.75 Å². The average molecular weight is 264 g/mol. The van der Waals surface area contributed by atoms with Gasteiger partial charge in [-0.25, -0.2) is 4.39 Å². The lowest BCUT2D eigenvalue weighted by Crippen LogP contribution is -2.42. The van der Waals surface area contributed by atoms with Crippen LogP contribution in [0.15, 0.2) is 18.2 Å². The quantitative estimate of drug-likeness (QED) is 0.815. The number of halogens is 1. The molecule has 1 saturated heterocycles. The molecule has 0 atom stereocenters. The Kier molecular flexibility index (Phi) is 4.31. The van der Waals surface area contributed by atoms with Gasteiger partial charge in [0.1, 0.15) is 17.6 Å².